The van der Waals surface area contributed by atoms with E-state index in [1.165, 1.54) is 32.0 Å². The number of nitrogens with two attached hydrogens (primary N) is 1. The number of halogens is 1. The fourth-order valence-corrected chi connectivity index (χ4v) is 5.86. The summed E-state index contributed by atoms with van der Waals surface area (Å²) in [6.45, 7) is 7.91. The van der Waals surface area contributed by atoms with Crippen LogP contribution in [0.1, 0.15) is 32.8 Å². The van der Waals surface area contributed by atoms with Crippen molar-refractivity contribution in [1.29, 1.82) is 0 Å². The number of hydrogen-bond donors (Lipinski definition) is 2. The summed E-state index contributed by atoms with van der Waals surface area (Å²) in [5, 5.41) is 0. The Hall–Kier alpha value is -3.60. The Bertz CT molecular complexity index is 1350. The van der Waals surface area contributed by atoms with E-state index < -0.39 is 15.9 Å². The molecule has 2 aromatic carbocycles. The van der Waals surface area contributed by atoms with Gasteiger partial charge in [0.25, 0.3) is 15.9 Å². The molecule has 1 fully saturated rings. The summed E-state index contributed by atoms with van der Waals surface area (Å²) >= 11 is 0. The number of fused-ring (bicyclic) bond motifs is 1. The van der Waals surface area contributed by atoms with Gasteiger partial charge in [-0.1, -0.05) is 0 Å². The second-order valence-corrected chi connectivity index (χ2v) is 11.5. The maximum Gasteiger partial charge on any atom is 0.264 e. The molecule has 2 aliphatic rings. The predicted octanol–water partition coefficient (Wildman–Crippen LogP) is 2.37. The number of aryl methyl sites for hydroxylation is 1. The quantitative estimate of drug-likeness (QED) is 0.538. The lowest BCUT2D eigenvalue weighted by molar-refractivity contribution is -0.132. The molecule has 2 heterocycles. The lowest BCUT2D eigenvalue weighted by Crippen LogP contribution is -2.55. The molecule has 0 bridgehead atoms. The average molecular weight is 544 g/mol. The fraction of sp³-hybridized carbons (Fsp3) is 0.407. The number of nitrogens with zero attached hydrogens (tertiary/aromatic N) is 3. The van der Waals surface area contributed by atoms with Crippen LogP contribution in [0.2, 0.25) is 0 Å². The Morgan fingerprint density at radius 2 is 1.66 bits per heavy atom. The molecule has 2 aliphatic heterocycles. The SMILES string of the molecule is C/C(N)=C(\C)C(=O)NS(=O)(=O)c1ccc(N2CCN(C(=O)[C@@H](C)N3CCCc4cc(F)ccc43)CC2)cc1. The normalized spacial score (nSPS) is 17.4. The first-order valence-electron chi connectivity index (χ1n) is 12.7. The zero-order valence-corrected chi connectivity index (χ0v) is 22.7. The summed E-state index contributed by atoms with van der Waals surface area (Å²) in [4.78, 5) is 31.4. The van der Waals surface area contributed by atoms with Crippen molar-refractivity contribution in [2.24, 2.45) is 5.73 Å². The minimum Gasteiger partial charge on any atom is -0.402 e. The third-order valence-electron chi connectivity index (χ3n) is 7.28. The highest BCUT2D eigenvalue weighted by atomic mass is 32.2. The fourth-order valence-electron chi connectivity index (χ4n) is 4.85. The van der Waals surface area contributed by atoms with E-state index >= 15 is 0 Å². The molecule has 2 aromatic rings. The molecule has 0 saturated carbocycles. The van der Waals surface area contributed by atoms with Crippen LogP contribution in [0, 0.1) is 5.82 Å². The Kier molecular flexibility index (Phi) is 7.96. The van der Waals surface area contributed by atoms with E-state index in [1.807, 2.05) is 16.5 Å². The molecule has 0 radical (unpaired) electrons. The summed E-state index contributed by atoms with van der Waals surface area (Å²) in [6, 6.07) is 10.7. The van der Waals surface area contributed by atoms with Crippen molar-refractivity contribution in [1.82, 2.24) is 9.62 Å². The maximum absolute atomic E-state index is 13.7. The van der Waals surface area contributed by atoms with E-state index in [4.69, 9.17) is 5.73 Å². The molecule has 11 heteroatoms. The first-order valence-corrected chi connectivity index (χ1v) is 14.1. The highest BCUT2D eigenvalue weighted by Gasteiger charge is 2.31. The smallest absolute Gasteiger partial charge is 0.264 e. The number of benzene rings is 2. The zero-order valence-electron chi connectivity index (χ0n) is 21.9. The van der Waals surface area contributed by atoms with E-state index in [1.54, 1.807) is 24.3 Å². The average Bonchev–Trinajstić information content (AvgIpc) is 2.91. The van der Waals surface area contributed by atoms with Crippen molar-refractivity contribution in [3.8, 4) is 0 Å². The van der Waals surface area contributed by atoms with Gasteiger partial charge in [-0.15, -0.1) is 0 Å². The Morgan fingerprint density at radius 3 is 2.29 bits per heavy atom. The van der Waals surface area contributed by atoms with Gasteiger partial charge >= 0.3 is 0 Å². The first kappa shape index (κ1) is 27.4. The molecule has 2 amide bonds. The molecular weight excluding hydrogens is 509 g/mol. The van der Waals surface area contributed by atoms with Crippen LogP contribution in [0.15, 0.2) is 58.6 Å². The Balaban J connectivity index is 1.36. The number of rotatable bonds is 6. The molecule has 1 atom stereocenters. The monoisotopic (exact) mass is 543 g/mol. The number of piperazine rings is 1. The van der Waals surface area contributed by atoms with Gasteiger partial charge in [-0.05, 0) is 81.6 Å². The zero-order chi connectivity index (χ0) is 27.6. The number of carbonyl (C=O) groups is 2. The number of sulfonamides is 1. The molecule has 0 spiro atoms. The molecule has 38 heavy (non-hydrogen) atoms. The van der Waals surface area contributed by atoms with Crippen LogP contribution in [-0.2, 0) is 26.0 Å². The lowest BCUT2D eigenvalue weighted by Gasteiger charge is -2.41. The number of carbonyl (C=O) groups excluding carboxylic acids is 2. The minimum atomic E-state index is -4.04. The highest BCUT2D eigenvalue weighted by Crippen LogP contribution is 2.30. The van der Waals surface area contributed by atoms with Crippen LogP contribution in [0.4, 0.5) is 15.8 Å². The molecule has 9 nitrogen and oxygen atoms in total. The van der Waals surface area contributed by atoms with Crippen LogP contribution in [0.5, 0.6) is 0 Å². The van der Waals surface area contributed by atoms with Gasteiger partial charge < -0.3 is 20.4 Å². The van der Waals surface area contributed by atoms with Crippen LogP contribution in [0.25, 0.3) is 0 Å². The van der Waals surface area contributed by atoms with E-state index in [0.717, 1.165) is 36.3 Å². The molecule has 0 aromatic heterocycles. The molecule has 0 aliphatic carbocycles. The van der Waals surface area contributed by atoms with Crippen molar-refractivity contribution < 1.29 is 22.4 Å². The summed E-state index contributed by atoms with van der Waals surface area (Å²) < 4.78 is 40.9. The van der Waals surface area contributed by atoms with Gasteiger partial charge in [0.1, 0.15) is 11.9 Å². The molecule has 0 unspecified atom stereocenters. The summed E-state index contributed by atoms with van der Waals surface area (Å²) in [5.41, 5.74) is 8.66. The Morgan fingerprint density at radius 1 is 1.00 bits per heavy atom. The number of amides is 2. The van der Waals surface area contributed by atoms with Gasteiger partial charge in [0.2, 0.25) is 5.91 Å². The van der Waals surface area contributed by atoms with Gasteiger partial charge in [-0.25, -0.2) is 17.5 Å². The minimum absolute atomic E-state index is 0.0265. The van der Waals surface area contributed by atoms with Crippen LogP contribution >= 0.6 is 0 Å². The highest BCUT2D eigenvalue weighted by molar-refractivity contribution is 7.90. The van der Waals surface area contributed by atoms with Gasteiger partial charge in [-0.2, -0.15) is 0 Å². The van der Waals surface area contributed by atoms with E-state index in [2.05, 4.69) is 9.80 Å². The van der Waals surface area contributed by atoms with Crippen LogP contribution < -0.4 is 20.3 Å². The predicted molar refractivity (Wildman–Crippen MR) is 145 cm³/mol. The van der Waals surface area contributed by atoms with Crippen molar-refractivity contribution in [3.63, 3.8) is 0 Å². The van der Waals surface area contributed by atoms with E-state index in [9.17, 15) is 22.4 Å². The number of nitrogens with one attached hydrogen (secondary N) is 1. The van der Waals surface area contributed by atoms with E-state index in [-0.39, 0.29) is 33.9 Å². The van der Waals surface area contributed by atoms with Crippen molar-refractivity contribution >= 4 is 33.2 Å². The lowest BCUT2D eigenvalue weighted by atomic mass is 9.99. The summed E-state index contributed by atoms with van der Waals surface area (Å²) in [7, 11) is -4.04. The van der Waals surface area contributed by atoms with Crippen LogP contribution in [0.3, 0.4) is 0 Å². The molecule has 1 saturated heterocycles. The van der Waals surface area contributed by atoms with Crippen molar-refractivity contribution in [2.45, 2.75) is 44.6 Å². The van der Waals surface area contributed by atoms with Gasteiger partial charge in [0, 0.05) is 55.4 Å². The third-order valence-corrected chi connectivity index (χ3v) is 8.63. The first-order chi connectivity index (χ1) is 18.0. The van der Waals surface area contributed by atoms with Gasteiger partial charge in [-0.3, -0.25) is 9.59 Å². The van der Waals surface area contributed by atoms with Crippen LogP contribution in [-0.4, -0.2) is 63.9 Å². The molecule has 204 valence electrons. The maximum atomic E-state index is 13.7. The summed E-state index contributed by atoms with van der Waals surface area (Å²) in [6.07, 6.45) is 1.68. The number of allylic oxidation sites excluding steroid dienone is 1. The number of anilines is 2. The second kappa shape index (κ2) is 11.0. The standard InChI is InChI=1S/C27H34FN5O4S/c1-18(19(2)29)26(34)30-38(36,37)24-9-7-23(8-10-24)31-13-15-32(16-14-31)27(35)20(3)33-12-4-5-21-17-22(28)6-11-25(21)33/h6-11,17,20H,4-5,12-16,29H2,1-3H3,(H,30,34)/b19-18-/t20-/m1/s1. The Labute approximate surface area is 223 Å². The van der Waals surface area contributed by atoms with Crippen molar-refractivity contribution in [3.05, 3.63) is 65.1 Å². The molecule has 4 rings (SSSR count). The molecular formula is C27H34FN5O4S. The van der Waals surface area contributed by atoms with Gasteiger partial charge in [0.05, 0.1) is 4.90 Å². The second-order valence-electron chi connectivity index (χ2n) is 9.79. The largest absolute Gasteiger partial charge is 0.402 e. The topological polar surface area (TPSA) is 116 Å². The third kappa shape index (κ3) is 5.77. The number of hydrogen-bond acceptors (Lipinski definition) is 7. The van der Waals surface area contributed by atoms with Crippen molar-refractivity contribution in [2.75, 3.05) is 42.5 Å². The summed E-state index contributed by atoms with van der Waals surface area (Å²) in [5.74, 6) is -0.981. The van der Waals surface area contributed by atoms with E-state index in [0.29, 0.717) is 26.2 Å². The van der Waals surface area contributed by atoms with Gasteiger partial charge in [0.15, 0.2) is 0 Å². The molecule has 3 N–H and O–H groups in total.